The summed E-state index contributed by atoms with van der Waals surface area (Å²) in [6.07, 6.45) is 5.62. The third-order valence-corrected chi connectivity index (χ3v) is 4.41. The molecule has 1 fully saturated rings. The molecule has 1 aliphatic heterocycles. The summed E-state index contributed by atoms with van der Waals surface area (Å²) < 4.78 is 11.0. The van der Waals surface area contributed by atoms with Crippen LogP contribution in [-0.4, -0.2) is 42.3 Å². The topological polar surface area (TPSA) is 63.7 Å². The molecule has 0 bridgehead atoms. The molecule has 138 valence electrons. The number of nitrogens with zero attached hydrogens (tertiary/aromatic N) is 2. The number of hydrogen-bond donors (Lipinski definition) is 1. The Morgan fingerprint density at radius 1 is 1.35 bits per heavy atom. The fourth-order valence-corrected chi connectivity index (χ4v) is 3.04. The second-order valence-corrected chi connectivity index (χ2v) is 6.39. The van der Waals surface area contributed by atoms with E-state index in [1.54, 1.807) is 24.4 Å². The van der Waals surface area contributed by atoms with Crippen LogP contribution >= 0.6 is 0 Å². The highest BCUT2D eigenvalue weighted by Gasteiger charge is 2.22. The van der Waals surface area contributed by atoms with Crippen molar-refractivity contribution >= 4 is 6.03 Å². The fraction of sp³-hybridized carbons (Fsp3) is 0.400. The van der Waals surface area contributed by atoms with E-state index >= 15 is 0 Å². The molecule has 0 radical (unpaired) electrons. The Hall–Kier alpha value is -2.60. The summed E-state index contributed by atoms with van der Waals surface area (Å²) >= 11 is 0. The molecule has 1 aromatic heterocycles. The first kappa shape index (κ1) is 18.2. The molecule has 1 unspecified atom stereocenters. The van der Waals surface area contributed by atoms with Crippen molar-refractivity contribution < 1.29 is 14.3 Å². The van der Waals surface area contributed by atoms with Crippen molar-refractivity contribution in [2.24, 2.45) is 0 Å². The second kappa shape index (κ2) is 9.20. The maximum Gasteiger partial charge on any atom is 0.318 e. The van der Waals surface area contributed by atoms with E-state index in [0.717, 1.165) is 36.3 Å². The quantitative estimate of drug-likeness (QED) is 0.829. The molecule has 26 heavy (non-hydrogen) atoms. The number of hydrogen-bond acceptors (Lipinski definition) is 4. The summed E-state index contributed by atoms with van der Waals surface area (Å²) in [6.45, 7) is 2.31. The molecule has 6 nitrogen and oxygen atoms in total. The lowest BCUT2D eigenvalue weighted by Crippen LogP contribution is -2.43. The number of benzene rings is 1. The molecule has 0 spiro atoms. The van der Waals surface area contributed by atoms with Crippen LogP contribution in [0, 0.1) is 0 Å². The van der Waals surface area contributed by atoms with Gasteiger partial charge in [0.1, 0.15) is 5.75 Å². The number of urea groups is 1. The number of amides is 2. The minimum Gasteiger partial charge on any atom is -0.497 e. The molecule has 1 aromatic carbocycles. The smallest absolute Gasteiger partial charge is 0.318 e. The normalized spacial score (nSPS) is 16.3. The van der Waals surface area contributed by atoms with Crippen molar-refractivity contribution in [1.29, 1.82) is 0 Å². The molecular formula is C20H25N3O3. The van der Waals surface area contributed by atoms with E-state index in [1.807, 2.05) is 36.4 Å². The molecule has 1 saturated heterocycles. The minimum atomic E-state index is -0.104. The third-order valence-electron chi connectivity index (χ3n) is 4.41. The van der Waals surface area contributed by atoms with Crippen LogP contribution in [-0.2, 0) is 17.8 Å². The van der Waals surface area contributed by atoms with Gasteiger partial charge in [-0.1, -0.05) is 18.2 Å². The molecule has 2 amide bonds. The van der Waals surface area contributed by atoms with Crippen LogP contribution in [0.5, 0.6) is 5.75 Å². The van der Waals surface area contributed by atoms with Gasteiger partial charge >= 0.3 is 6.03 Å². The van der Waals surface area contributed by atoms with Gasteiger partial charge in [0, 0.05) is 38.6 Å². The average molecular weight is 355 g/mol. The van der Waals surface area contributed by atoms with Crippen molar-refractivity contribution in [3.63, 3.8) is 0 Å². The van der Waals surface area contributed by atoms with Gasteiger partial charge in [-0.25, -0.2) is 4.79 Å². The number of methoxy groups -OCH3 is 1. The van der Waals surface area contributed by atoms with Gasteiger partial charge in [-0.15, -0.1) is 0 Å². The van der Waals surface area contributed by atoms with Crippen LogP contribution in [0.1, 0.15) is 24.0 Å². The Kier molecular flexibility index (Phi) is 6.44. The monoisotopic (exact) mass is 355 g/mol. The van der Waals surface area contributed by atoms with E-state index in [1.165, 1.54) is 0 Å². The maximum atomic E-state index is 12.8. The van der Waals surface area contributed by atoms with Crippen LogP contribution in [0.15, 0.2) is 48.8 Å². The van der Waals surface area contributed by atoms with Crippen molar-refractivity contribution in [1.82, 2.24) is 15.2 Å². The number of pyridine rings is 1. The highest BCUT2D eigenvalue weighted by molar-refractivity contribution is 5.74. The molecule has 2 heterocycles. The standard InChI is InChI=1S/C20H25N3O3/c1-25-18-7-2-5-16(11-18)14-23(15-19-8-4-10-26-19)20(24)22-13-17-6-3-9-21-12-17/h2-3,5-7,9,11-12,19H,4,8,10,13-15H2,1H3,(H,22,24). The zero-order valence-electron chi connectivity index (χ0n) is 15.1. The van der Waals surface area contributed by atoms with Crippen molar-refractivity contribution in [2.75, 3.05) is 20.3 Å². The number of nitrogens with one attached hydrogen (secondary N) is 1. The molecule has 0 aliphatic carbocycles. The summed E-state index contributed by atoms with van der Waals surface area (Å²) in [5.41, 5.74) is 2.00. The van der Waals surface area contributed by atoms with E-state index < -0.39 is 0 Å². The SMILES string of the molecule is COc1cccc(CN(CC2CCCO2)C(=O)NCc2cccnc2)c1. The summed E-state index contributed by atoms with van der Waals surface area (Å²) in [4.78, 5) is 18.7. The Bertz CT molecular complexity index is 702. The summed E-state index contributed by atoms with van der Waals surface area (Å²) in [5, 5.41) is 2.98. The molecule has 1 N–H and O–H groups in total. The summed E-state index contributed by atoms with van der Waals surface area (Å²) in [5.74, 6) is 0.787. The van der Waals surface area contributed by atoms with Gasteiger partial charge in [0.25, 0.3) is 0 Å². The molecule has 0 saturated carbocycles. The van der Waals surface area contributed by atoms with Gasteiger partial charge in [-0.2, -0.15) is 0 Å². The van der Waals surface area contributed by atoms with Gasteiger partial charge < -0.3 is 19.7 Å². The third kappa shape index (κ3) is 5.20. The number of carbonyl (C=O) groups is 1. The van der Waals surface area contributed by atoms with Gasteiger partial charge in [-0.05, 0) is 42.2 Å². The Balaban J connectivity index is 1.65. The van der Waals surface area contributed by atoms with Crippen LogP contribution in [0.4, 0.5) is 4.79 Å². The Labute approximate surface area is 154 Å². The molecule has 2 aromatic rings. The van der Waals surface area contributed by atoms with E-state index in [9.17, 15) is 4.79 Å². The Morgan fingerprint density at radius 3 is 2.96 bits per heavy atom. The molecule has 1 aliphatic rings. The predicted molar refractivity (Wildman–Crippen MR) is 98.9 cm³/mol. The molecular weight excluding hydrogens is 330 g/mol. The Morgan fingerprint density at radius 2 is 2.23 bits per heavy atom. The maximum absolute atomic E-state index is 12.8. The van der Waals surface area contributed by atoms with E-state index in [0.29, 0.717) is 19.6 Å². The van der Waals surface area contributed by atoms with E-state index in [2.05, 4.69) is 10.3 Å². The highest BCUT2D eigenvalue weighted by Crippen LogP contribution is 2.18. The van der Waals surface area contributed by atoms with Crippen molar-refractivity contribution in [2.45, 2.75) is 32.0 Å². The summed E-state index contributed by atoms with van der Waals surface area (Å²) in [7, 11) is 1.64. The van der Waals surface area contributed by atoms with Crippen LogP contribution < -0.4 is 10.1 Å². The van der Waals surface area contributed by atoms with Crippen molar-refractivity contribution in [3.05, 3.63) is 59.9 Å². The lowest BCUT2D eigenvalue weighted by atomic mass is 10.2. The number of carbonyl (C=O) groups excluding carboxylic acids is 1. The molecule has 3 rings (SSSR count). The second-order valence-electron chi connectivity index (χ2n) is 6.39. The number of rotatable bonds is 7. The number of ether oxygens (including phenoxy) is 2. The molecule has 6 heteroatoms. The zero-order chi connectivity index (χ0) is 18.2. The predicted octanol–water partition coefficient (Wildman–Crippen LogP) is 2.98. The van der Waals surface area contributed by atoms with Crippen molar-refractivity contribution in [3.8, 4) is 5.75 Å². The lowest BCUT2D eigenvalue weighted by Gasteiger charge is -2.26. The zero-order valence-corrected chi connectivity index (χ0v) is 15.1. The van der Waals surface area contributed by atoms with Crippen LogP contribution in [0.25, 0.3) is 0 Å². The first-order valence-electron chi connectivity index (χ1n) is 8.91. The van der Waals surface area contributed by atoms with E-state index in [-0.39, 0.29) is 12.1 Å². The highest BCUT2D eigenvalue weighted by atomic mass is 16.5. The first-order chi connectivity index (χ1) is 12.7. The van der Waals surface area contributed by atoms with Crippen LogP contribution in [0.2, 0.25) is 0 Å². The van der Waals surface area contributed by atoms with Crippen LogP contribution in [0.3, 0.4) is 0 Å². The van der Waals surface area contributed by atoms with Gasteiger partial charge in [-0.3, -0.25) is 4.98 Å². The first-order valence-corrected chi connectivity index (χ1v) is 8.91. The van der Waals surface area contributed by atoms with E-state index in [4.69, 9.17) is 9.47 Å². The number of aromatic nitrogens is 1. The minimum absolute atomic E-state index is 0.102. The lowest BCUT2D eigenvalue weighted by molar-refractivity contribution is 0.0794. The fourth-order valence-electron chi connectivity index (χ4n) is 3.04. The van der Waals surface area contributed by atoms with Gasteiger partial charge in [0.05, 0.1) is 13.2 Å². The van der Waals surface area contributed by atoms with Gasteiger partial charge in [0.2, 0.25) is 0 Å². The average Bonchev–Trinajstić information content (AvgIpc) is 3.20. The van der Waals surface area contributed by atoms with Gasteiger partial charge in [0.15, 0.2) is 0 Å². The largest absolute Gasteiger partial charge is 0.497 e. The molecule has 1 atom stereocenters. The summed E-state index contributed by atoms with van der Waals surface area (Å²) in [6, 6.07) is 11.5.